The van der Waals surface area contributed by atoms with Gasteiger partial charge in [0.1, 0.15) is 0 Å². The quantitative estimate of drug-likeness (QED) is 0.167. The minimum absolute atomic E-state index is 0.620. The molecule has 5 heteroatoms. The van der Waals surface area contributed by atoms with Gasteiger partial charge in [-0.25, -0.2) is 15.0 Å². The first-order valence-corrected chi connectivity index (χ1v) is 23.2. The first-order chi connectivity index (χ1) is 32.7. The number of hydrogen-bond acceptors (Lipinski definition) is 4. The van der Waals surface area contributed by atoms with E-state index >= 15 is 0 Å². The van der Waals surface area contributed by atoms with Crippen LogP contribution in [0.1, 0.15) is 0 Å². The lowest BCUT2D eigenvalue weighted by Crippen LogP contribution is -2.01. The number of aromatic nitrogens is 4. The summed E-state index contributed by atoms with van der Waals surface area (Å²) in [6.07, 6.45) is 0. The van der Waals surface area contributed by atoms with E-state index < -0.39 is 0 Å². The van der Waals surface area contributed by atoms with Crippen molar-refractivity contribution in [2.45, 2.75) is 0 Å². The Morgan fingerprint density at radius 1 is 0.288 bits per heavy atom. The van der Waals surface area contributed by atoms with E-state index in [2.05, 4.69) is 199 Å². The SMILES string of the molecule is c1ccc(-c2ccc(-c3nc(-c4ccccc4)nc(-c4cccc(-n5c6ccc(-c7ccc8sc9ccccc9c8c7)cc6c6c7cccc8c7c(cc65)-c5ccccc5-8)c4)n3)cc2)cc1. The first-order valence-electron chi connectivity index (χ1n) is 22.3. The molecule has 0 spiro atoms. The Bertz CT molecular complexity index is 4090. The van der Waals surface area contributed by atoms with Crippen molar-refractivity contribution >= 4 is 64.1 Å². The van der Waals surface area contributed by atoms with Crippen molar-refractivity contribution in [2.24, 2.45) is 0 Å². The third-order valence-corrected chi connectivity index (χ3v) is 14.5. The molecule has 0 aliphatic heterocycles. The van der Waals surface area contributed by atoms with Crippen molar-refractivity contribution in [2.75, 3.05) is 0 Å². The van der Waals surface area contributed by atoms with Crippen LogP contribution < -0.4 is 0 Å². The van der Waals surface area contributed by atoms with Crippen LogP contribution in [0, 0.1) is 0 Å². The zero-order valence-corrected chi connectivity index (χ0v) is 36.3. The van der Waals surface area contributed by atoms with Crippen LogP contribution in [0.5, 0.6) is 0 Å². The Balaban J connectivity index is 0.976. The minimum Gasteiger partial charge on any atom is -0.309 e. The van der Waals surface area contributed by atoms with E-state index in [9.17, 15) is 0 Å². The molecule has 0 fully saturated rings. The topological polar surface area (TPSA) is 43.6 Å². The van der Waals surface area contributed by atoms with E-state index in [0.717, 1.165) is 39.0 Å². The Labute approximate surface area is 384 Å². The van der Waals surface area contributed by atoms with E-state index in [0.29, 0.717) is 17.5 Å². The fraction of sp³-hybridized carbons (Fsp3) is 0. The van der Waals surface area contributed by atoms with Crippen LogP contribution in [0.2, 0.25) is 0 Å². The molecule has 0 saturated carbocycles. The zero-order chi connectivity index (χ0) is 43.3. The molecule has 0 radical (unpaired) electrons. The maximum atomic E-state index is 5.20. The summed E-state index contributed by atoms with van der Waals surface area (Å²) < 4.78 is 5.07. The maximum Gasteiger partial charge on any atom is 0.164 e. The van der Waals surface area contributed by atoms with Crippen molar-refractivity contribution in [1.82, 2.24) is 19.5 Å². The monoisotopic (exact) mass is 856 g/mol. The Morgan fingerprint density at radius 2 is 0.818 bits per heavy atom. The smallest absolute Gasteiger partial charge is 0.164 e. The predicted octanol–water partition coefficient (Wildman–Crippen LogP) is 16.5. The summed E-state index contributed by atoms with van der Waals surface area (Å²) in [5, 5.41) is 7.66. The Hall–Kier alpha value is -8.51. The number of fused-ring (bicyclic) bond motifs is 10. The molecule has 3 heterocycles. The zero-order valence-electron chi connectivity index (χ0n) is 35.5. The molecule has 1 aliphatic carbocycles. The molecule has 4 nitrogen and oxygen atoms in total. The van der Waals surface area contributed by atoms with Gasteiger partial charge in [0.2, 0.25) is 0 Å². The van der Waals surface area contributed by atoms with Crippen LogP contribution in [0.25, 0.3) is 137 Å². The fourth-order valence-corrected chi connectivity index (χ4v) is 11.4. The fourth-order valence-electron chi connectivity index (χ4n) is 10.3. The lowest BCUT2D eigenvalue weighted by molar-refractivity contribution is 1.07. The van der Waals surface area contributed by atoms with E-state index in [1.54, 1.807) is 0 Å². The second-order valence-electron chi connectivity index (χ2n) is 17.1. The molecule has 14 rings (SSSR count). The van der Waals surface area contributed by atoms with Crippen molar-refractivity contribution < 1.29 is 0 Å². The average Bonchev–Trinajstić information content (AvgIpc) is 4.05. The van der Waals surface area contributed by atoms with Crippen LogP contribution in [-0.2, 0) is 0 Å². The molecule has 0 saturated heterocycles. The second-order valence-corrected chi connectivity index (χ2v) is 18.2. The van der Waals surface area contributed by atoms with Gasteiger partial charge in [-0.1, -0.05) is 170 Å². The highest BCUT2D eigenvalue weighted by atomic mass is 32.1. The van der Waals surface area contributed by atoms with Gasteiger partial charge in [-0.15, -0.1) is 11.3 Å². The van der Waals surface area contributed by atoms with Crippen LogP contribution in [0.4, 0.5) is 0 Å². The molecule has 0 bridgehead atoms. The molecule has 13 aromatic rings. The normalized spacial score (nSPS) is 11.9. The van der Waals surface area contributed by atoms with Crippen molar-refractivity contribution in [3.05, 3.63) is 218 Å². The van der Waals surface area contributed by atoms with Gasteiger partial charge in [-0.2, -0.15) is 0 Å². The van der Waals surface area contributed by atoms with Crippen LogP contribution in [0.3, 0.4) is 0 Å². The van der Waals surface area contributed by atoms with Gasteiger partial charge < -0.3 is 4.57 Å². The number of hydrogen-bond donors (Lipinski definition) is 0. The third-order valence-electron chi connectivity index (χ3n) is 13.4. The predicted molar refractivity (Wildman–Crippen MR) is 276 cm³/mol. The summed E-state index contributed by atoms with van der Waals surface area (Å²) in [5.74, 6) is 1.89. The van der Waals surface area contributed by atoms with E-state index in [4.69, 9.17) is 15.0 Å². The Kier molecular flexibility index (Phi) is 8.12. The molecule has 66 heavy (non-hydrogen) atoms. The number of nitrogens with zero attached hydrogens (tertiary/aromatic N) is 4. The summed E-state index contributed by atoms with van der Waals surface area (Å²) in [6.45, 7) is 0. The summed E-state index contributed by atoms with van der Waals surface area (Å²) in [4.78, 5) is 15.4. The molecule has 0 unspecified atom stereocenters. The maximum absolute atomic E-state index is 5.20. The van der Waals surface area contributed by atoms with Gasteiger partial charge in [0.25, 0.3) is 0 Å². The third kappa shape index (κ3) is 5.74. The first kappa shape index (κ1) is 36.9. The standard InChI is InChI=1S/C61H36N4S/c1-3-13-37(14-4-1)38-25-27-40(28-26-38)60-62-59(39-15-5-2-6-16-39)63-61(64-60)43-17-11-18-44(33-43)65-53-31-29-41(42-30-32-56-50(34-42)47-21-9-10-24-55(47)66-56)35-52(53)58-49-23-12-22-48-45-19-7-8-20-46(45)51(57(48)49)36-54(58)65/h1-36H. The van der Waals surface area contributed by atoms with E-state index in [1.807, 2.05) is 35.6 Å². The van der Waals surface area contributed by atoms with Gasteiger partial charge >= 0.3 is 0 Å². The molecular formula is C61H36N4S. The van der Waals surface area contributed by atoms with Crippen LogP contribution in [-0.4, -0.2) is 19.5 Å². The minimum atomic E-state index is 0.620. The van der Waals surface area contributed by atoms with Gasteiger partial charge in [-0.05, 0) is 104 Å². The molecule has 10 aromatic carbocycles. The average molecular weight is 857 g/mol. The van der Waals surface area contributed by atoms with Gasteiger partial charge in [0, 0.05) is 53.3 Å². The lowest BCUT2D eigenvalue weighted by Gasteiger charge is -2.13. The van der Waals surface area contributed by atoms with Crippen LogP contribution >= 0.6 is 11.3 Å². The summed E-state index contributed by atoms with van der Waals surface area (Å²) in [6, 6.07) is 78.6. The van der Waals surface area contributed by atoms with Crippen molar-refractivity contribution in [1.29, 1.82) is 0 Å². The highest BCUT2D eigenvalue weighted by Gasteiger charge is 2.26. The molecule has 0 amide bonds. The van der Waals surface area contributed by atoms with E-state index in [1.165, 1.54) is 80.7 Å². The van der Waals surface area contributed by atoms with E-state index in [-0.39, 0.29) is 0 Å². The summed E-state index contributed by atoms with van der Waals surface area (Å²) in [5.41, 5.74) is 16.0. The molecule has 0 atom stereocenters. The highest BCUT2D eigenvalue weighted by Crippen LogP contribution is 2.51. The lowest BCUT2D eigenvalue weighted by atomic mass is 9.96. The van der Waals surface area contributed by atoms with Gasteiger partial charge in [-0.3, -0.25) is 0 Å². The second kappa shape index (κ2) is 14.5. The number of rotatable bonds is 6. The van der Waals surface area contributed by atoms with Crippen molar-refractivity contribution in [3.63, 3.8) is 0 Å². The largest absolute Gasteiger partial charge is 0.309 e. The number of thiophene rings is 1. The number of benzene rings is 10. The molecule has 3 aromatic heterocycles. The molecule has 306 valence electrons. The summed E-state index contributed by atoms with van der Waals surface area (Å²) >= 11 is 1.86. The van der Waals surface area contributed by atoms with Crippen LogP contribution in [0.15, 0.2) is 218 Å². The highest BCUT2D eigenvalue weighted by molar-refractivity contribution is 7.25. The van der Waals surface area contributed by atoms with Crippen molar-refractivity contribution in [3.8, 4) is 84.4 Å². The van der Waals surface area contributed by atoms with Gasteiger partial charge in [0.05, 0.1) is 11.0 Å². The van der Waals surface area contributed by atoms with Gasteiger partial charge in [0.15, 0.2) is 17.5 Å². The molecular weight excluding hydrogens is 821 g/mol. The Morgan fingerprint density at radius 3 is 1.61 bits per heavy atom. The molecule has 0 N–H and O–H groups in total. The molecule has 1 aliphatic rings. The summed E-state index contributed by atoms with van der Waals surface area (Å²) in [7, 11) is 0.